The third kappa shape index (κ3) is 2.54. The highest BCUT2D eigenvalue weighted by molar-refractivity contribution is 7.17. The monoisotopic (exact) mass is 295 g/mol. The van der Waals surface area contributed by atoms with Crippen LogP contribution < -0.4 is 4.90 Å². The minimum absolute atomic E-state index is 0.409. The number of likely N-dealkylation sites (tertiary alicyclic amines) is 1. The molecule has 0 aromatic carbocycles. The van der Waals surface area contributed by atoms with E-state index in [1.807, 2.05) is 6.92 Å². The zero-order valence-corrected chi connectivity index (χ0v) is 12.7. The van der Waals surface area contributed by atoms with E-state index in [-0.39, 0.29) is 0 Å². The maximum atomic E-state index is 11.2. The van der Waals surface area contributed by atoms with Crippen LogP contribution >= 0.6 is 11.3 Å². The number of anilines is 1. The molecular weight excluding hydrogens is 274 g/mol. The molecule has 2 saturated heterocycles. The van der Waals surface area contributed by atoms with Gasteiger partial charge < -0.3 is 10.0 Å². The fourth-order valence-corrected chi connectivity index (χ4v) is 4.23. The molecule has 1 atom stereocenters. The largest absolute Gasteiger partial charge is 0.477 e. The standard InChI is InChI=1S/C14H21N3O2S/c1-2-11-12(13(18)19)20-14(15-11)17-8-5-10(9-17)16-6-3-4-7-16/h10H,2-9H2,1H3,(H,18,19). The second-order valence-electron chi connectivity index (χ2n) is 5.56. The Hall–Kier alpha value is -1.14. The lowest BCUT2D eigenvalue weighted by Crippen LogP contribution is -2.35. The van der Waals surface area contributed by atoms with Crippen molar-refractivity contribution in [2.24, 2.45) is 0 Å². The van der Waals surface area contributed by atoms with Crippen LogP contribution in [-0.4, -0.2) is 53.2 Å². The first kappa shape index (κ1) is 13.8. The number of carboxylic acid groups (broad SMARTS) is 1. The summed E-state index contributed by atoms with van der Waals surface area (Å²) in [4.78, 5) is 21.0. The van der Waals surface area contributed by atoms with Crippen molar-refractivity contribution < 1.29 is 9.90 Å². The van der Waals surface area contributed by atoms with Gasteiger partial charge in [0.15, 0.2) is 5.13 Å². The third-order valence-corrected chi connectivity index (χ3v) is 5.45. The maximum absolute atomic E-state index is 11.2. The Bertz CT molecular complexity index is 497. The van der Waals surface area contributed by atoms with Crippen molar-refractivity contribution in [2.75, 3.05) is 31.1 Å². The first-order valence-corrected chi connectivity index (χ1v) is 8.22. The van der Waals surface area contributed by atoms with Crippen LogP contribution in [0.4, 0.5) is 5.13 Å². The quantitative estimate of drug-likeness (QED) is 0.921. The molecule has 1 N–H and O–H groups in total. The number of aryl methyl sites for hydroxylation is 1. The summed E-state index contributed by atoms with van der Waals surface area (Å²) in [7, 11) is 0. The number of thiazole rings is 1. The lowest BCUT2D eigenvalue weighted by molar-refractivity contribution is 0.0701. The van der Waals surface area contributed by atoms with Gasteiger partial charge in [-0.3, -0.25) is 4.90 Å². The number of aromatic carboxylic acids is 1. The summed E-state index contributed by atoms with van der Waals surface area (Å²) in [6.45, 7) is 6.39. The topological polar surface area (TPSA) is 56.7 Å². The molecule has 5 nitrogen and oxygen atoms in total. The van der Waals surface area contributed by atoms with Crippen LogP contribution in [0.15, 0.2) is 0 Å². The third-order valence-electron chi connectivity index (χ3n) is 4.31. The van der Waals surface area contributed by atoms with Gasteiger partial charge in [-0.1, -0.05) is 18.3 Å². The number of aromatic nitrogens is 1. The Kier molecular flexibility index (Phi) is 3.94. The van der Waals surface area contributed by atoms with Gasteiger partial charge in [-0.05, 0) is 38.8 Å². The van der Waals surface area contributed by atoms with Gasteiger partial charge in [-0.25, -0.2) is 9.78 Å². The van der Waals surface area contributed by atoms with Crippen LogP contribution in [0.2, 0.25) is 0 Å². The number of hydrogen-bond acceptors (Lipinski definition) is 5. The van der Waals surface area contributed by atoms with Gasteiger partial charge >= 0.3 is 5.97 Å². The highest BCUT2D eigenvalue weighted by Gasteiger charge is 2.31. The molecule has 3 rings (SSSR count). The lowest BCUT2D eigenvalue weighted by atomic mass is 10.2. The molecule has 0 radical (unpaired) electrons. The molecule has 0 bridgehead atoms. The molecule has 2 fully saturated rings. The zero-order chi connectivity index (χ0) is 14.1. The first-order valence-electron chi connectivity index (χ1n) is 7.41. The second-order valence-corrected chi connectivity index (χ2v) is 6.54. The maximum Gasteiger partial charge on any atom is 0.347 e. The number of nitrogens with zero attached hydrogens (tertiary/aromatic N) is 3. The molecule has 0 saturated carbocycles. The van der Waals surface area contributed by atoms with E-state index in [1.54, 1.807) is 0 Å². The van der Waals surface area contributed by atoms with E-state index in [9.17, 15) is 9.90 Å². The highest BCUT2D eigenvalue weighted by Crippen LogP contribution is 2.31. The van der Waals surface area contributed by atoms with E-state index in [2.05, 4.69) is 14.8 Å². The van der Waals surface area contributed by atoms with Gasteiger partial charge in [0.05, 0.1) is 5.69 Å². The molecular formula is C14H21N3O2S. The summed E-state index contributed by atoms with van der Waals surface area (Å²) < 4.78 is 0. The fourth-order valence-electron chi connectivity index (χ4n) is 3.20. The number of hydrogen-bond donors (Lipinski definition) is 1. The molecule has 110 valence electrons. The van der Waals surface area contributed by atoms with Gasteiger partial charge in [0, 0.05) is 19.1 Å². The van der Waals surface area contributed by atoms with E-state index >= 15 is 0 Å². The highest BCUT2D eigenvalue weighted by atomic mass is 32.1. The zero-order valence-electron chi connectivity index (χ0n) is 11.8. The van der Waals surface area contributed by atoms with Gasteiger partial charge in [0.25, 0.3) is 0 Å². The van der Waals surface area contributed by atoms with Crippen molar-refractivity contribution in [3.63, 3.8) is 0 Å². The molecule has 1 aromatic heterocycles. The van der Waals surface area contributed by atoms with Crippen LogP contribution in [0.3, 0.4) is 0 Å². The van der Waals surface area contributed by atoms with Crippen LogP contribution in [0.1, 0.15) is 41.6 Å². The van der Waals surface area contributed by atoms with Gasteiger partial charge in [-0.2, -0.15) is 0 Å². The molecule has 2 aliphatic rings. The lowest BCUT2D eigenvalue weighted by Gasteiger charge is -2.23. The molecule has 0 spiro atoms. The molecule has 1 aromatic rings. The van der Waals surface area contributed by atoms with E-state index in [0.29, 0.717) is 17.3 Å². The minimum Gasteiger partial charge on any atom is -0.477 e. The number of carboxylic acids is 1. The van der Waals surface area contributed by atoms with Crippen molar-refractivity contribution in [1.82, 2.24) is 9.88 Å². The first-order chi connectivity index (χ1) is 9.69. The summed E-state index contributed by atoms with van der Waals surface area (Å²) >= 11 is 1.33. The van der Waals surface area contributed by atoms with E-state index in [4.69, 9.17) is 0 Å². The smallest absolute Gasteiger partial charge is 0.347 e. The van der Waals surface area contributed by atoms with Gasteiger partial charge in [0.1, 0.15) is 4.88 Å². The Morgan fingerprint density at radius 2 is 2.15 bits per heavy atom. The van der Waals surface area contributed by atoms with Gasteiger partial charge in [0.2, 0.25) is 0 Å². The molecule has 20 heavy (non-hydrogen) atoms. The average molecular weight is 295 g/mol. The Morgan fingerprint density at radius 3 is 2.75 bits per heavy atom. The van der Waals surface area contributed by atoms with Crippen molar-refractivity contribution in [3.05, 3.63) is 10.6 Å². The Morgan fingerprint density at radius 1 is 1.40 bits per heavy atom. The molecule has 0 amide bonds. The average Bonchev–Trinajstić information content (AvgIpc) is 3.16. The second kappa shape index (κ2) is 5.69. The Balaban J connectivity index is 1.72. The molecule has 6 heteroatoms. The summed E-state index contributed by atoms with van der Waals surface area (Å²) in [6.07, 6.45) is 4.48. The number of rotatable bonds is 4. The van der Waals surface area contributed by atoms with Crippen LogP contribution in [0.5, 0.6) is 0 Å². The van der Waals surface area contributed by atoms with E-state index in [0.717, 1.165) is 23.9 Å². The predicted octanol–water partition coefficient (Wildman–Crippen LogP) is 2.08. The number of carbonyl (C=O) groups is 1. The van der Waals surface area contributed by atoms with E-state index < -0.39 is 5.97 Å². The van der Waals surface area contributed by atoms with Crippen LogP contribution in [-0.2, 0) is 6.42 Å². The summed E-state index contributed by atoms with van der Waals surface area (Å²) in [5.74, 6) is -0.846. The SMILES string of the molecule is CCc1nc(N2CCC(N3CCCC3)C2)sc1C(=O)O. The fraction of sp³-hybridized carbons (Fsp3) is 0.714. The van der Waals surface area contributed by atoms with Gasteiger partial charge in [-0.15, -0.1) is 0 Å². The van der Waals surface area contributed by atoms with E-state index in [1.165, 1.54) is 43.7 Å². The van der Waals surface area contributed by atoms with Crippen molar-refractivity contribution in [3.8, 4) is 0 Å². The molecule has 0 aliphatic carbocycles. The summed E-state index contributed by atoms with van der Waals surface area (Å²) in [6, 6.07) is 0.625. The molecule has 1 unspecified atom stereocenters. The summed E-state index contributed by atoms with van der Waals surface area (Å²) in [5.41, 5.74) is 0.724. The Labute approximate surface area is 123 Å². The van der Waals surface area contributed by atoms with Crippen molar-refractivity contribution >= 4 is 22.4 Å². The van der Waals surface area contributed by atoms with Crippen molar-refractivity contribution in [1.29, 1.82) is 0 Å². The van der Waals surface area contributed by atoms with Crippen molar-refractivity contribution in [2.45, 2.75) is 38.6 Å². The normalized spacial score (nSPS) is 23.6. The summed E-state index contributed by atoms with van der Waals surface area (Å²) in [5, 5.41) is 10.1. The molecule has 3 heterocycles. The van der Waals surface area contributed by atoms with Crippen LogP contribution in [0, 0.1) is 0 Å². The molecule has 2 aliphatic heterocycles. The predicted molar refractivity (Wildman–Crippen MR) is 79.9 cm³/mol. The minimum atomic E-state index is -0.846. The van der Waals surface area contributed by atoms with Crippen LogP contribution in [0.25, 0.3) is 0 Å².